The van der Waals surface area contributed by atoms with E-state index in [4.69, 9.17) is 21.1 Å². The van der Waals surface area contributed by atoms with Crippen molar-refractivity contribution in [3.8, 4) is 28.5 Å². The Bertz CT molecular complexity index is 1180. The molecule has 0 amide bonds. The Hall–Kier alpha value is -2.44. The van der Waals surface area contributed by atoms with Crippen molar-refractivity contribution < 1.29 is 4.42 Å². The quantitative estimate of drug-likeness (QED) is 0.305. The molecular formula is C23H22BrClN4O. The Morgan fingerprint density at radius 1 is 1.03 bits per heavy atom. The fourth-order valence-electron chi connectivity index (χ4n) is 3.16. The SMILES string of the molecule is CCC(C)(C)c1nnc(-c2nn(-c3ccc(Cl)cc3)c(-c3ccc(Br)cc3)c2C)o1. The normalized spacial score (nSPS) is 11.8. The summed E-state index contributed by atoms with van der Waals surface area (Å²) < 4.78 is 8.98. The molecular weight excluding hydrogens is 464 g/mol. The summed E-state index contributed by atoms with van der Waals surface area (Å²) in [6.07, 6.45) is 0.900. The van der Waals surface area contributed by atoms with Crippen LogP contribution in [-0.4, -0.2) is 20.0 Å². The molecule has 0 atom stereocenters. The minimum atomic E-state index is -0.188. The van der Waals surface area contributed by atoms with Gasteiger partial charge in [-0.15, -0.1) is 10.2 Å². The lowest BCUT2D eigenvalue weighted by Gasteiger charge is -2.16. The summed E-state index contributed by atoms with van der Waals surface area (Å²) in [7, 11) is 0. The predicted molar refractivity (Wildman–Crippen MR) is 123 cm³/mol. The maximum absolute atomic E-state index is 6.10. The lowest BCUT2D eigenvalue weighted by atomic mass is 9.90. The van der Waals surface area contributed by atoms with Gasteiger partial charge in [-0.1, -0.05) is 60.4 Å². The van der Waals surface area contributed by atoms with E-state index in [1.165, 1.54) is 0 Å². The Balaban J connectivity index is 1.90. The zero-order valence-electron chi connectivity index (χ0n) is 17.3. The lowest BCUT2D eigenvalue weighted by molar-refractivity contribution is 0.364. The zero-order chi connectivity index (χ0) is 21.5. The van der Waals surface area contributed by atoms with Crippen LogP contribution in [0.1, 0.15) is 38.6 Å². The van der Waals surface area contributed by atoms with Gasteiger partial charge < -0.3 is 4.42 Å². The highest BCUT2D eigenvalue weighted by atomic mass is 79.9. The van der Waals surface area contributed by atoms with Crippen LogP contribution < -0.4 is 0 Å². The van der Waals surface area contributed by atoms with Crippen molar-refractivity contribution in [3.63, 3.8) is 0 Å². The fraction of sp³-hybridized carbons (Fsp3) is 0.261. The molecule has 0 bridgehead atoms. The van der Waals surface area contributed by atoms with Crippen LogP contribution in [0.25, 0.3) is 28.5 Å². The van der Waals surface area contributed by atoms with Gasteiger partial charge in [0.1, 0.15) is 0 Å². The molecule has 2 aromatic carbocycles. The van der Waals surface area contributed by atoms with Gasteiger partial charge >= 0.3 is 0 Å². The molecule has 0 saturated heterocycles. The van der Waals surface area contributed by atoms with E-state index in [9.17, 15) is 0 Å². The standard InChI is InChI=1S/C23H22BrClN4O/c1-5-23(3,4)22-27-26-21(30-22)19-14(2)20(15-6-8-16(24)9-7-15)29(28-19)18-12-10-17(25)11-13-18/h6-13H,5H2,1-4H3. The predicted octanol–water partition coefficient (Wildman–Crippen LogP) is 7.00. The number of aromatic nitrogens is 4. The monoisotopic (exact) mass is 484 g/mol. The van der Waals surface area contributed by atoms with Gasteiger partial charge in [0.05, 0.1) is 11.4 Å². The maximum atomic E-state index is 6.10. The Labute approximate surface area is 189 Å². The molecule has 0 fully saturated rings. The number of rotatable bonds is 5. The van der Waals surface area contributed by atoms with Crippen LogP contribution in [0.4, 0.5) is 0 Å². The largest absolute Gasteiger partial charge is 0.419 e. The van der Waals surface area contributed by atoms with Crippen LogP contribution in [0.5, 0.6) is 0 Å². The van der Waals surface area contributed by atoms with E-state index in [2.05, 4.69) is 59.0 Å². The molecule has 2 aromatic heterocycles. The van der Waals surface area contributed by atoms with Crippen molar-refractivity contribution in [3.05, 3.63) is 69.5 Å². The van der Waals surface area contributed by atoms with E-state index < -0.39 is 0 Å². The molecule has 0 aliphatic heterocycles. The molecule has 30 heavy (non-hydrogen) atoms. The summed E-state index contributed by atoms with van der Waals surface area (Å²) in [5.41, 5.74) is 4.37. The summed E-state index contributed by atoms with van der Waals surface area (Å²) in [6, 6.07) is 15.7. The Kier molecular flexibility index (Phi) is 5.55. The first kappa shape index (κ1) is 20.8. The van der Waals surface area contributed by atoms with Crippen LogP contribution in [0.15, 0.2) is 57.4 Å². The van der Waals surface area contributed by atoms with E-state index in [0.29, 0.717) is 22.5 Å². The fourth-order valence-corrected chi connectivity index (χ4v) is 3.55. The first-order valence-corrected chi connectivity index (χ1v) is 10.9. The Morgan fingerprint density at radius 3 is 2.33 bits per heavy atom. The number of hydrogen-bond acceptors (Lipinski definition) is 4. The van der Waals surface area contributed by atoms with Gasteiger partial charge in [-0.05, 0) is 49.7 Å². The lowest BCUT2D eigenvalue weighted by Crippen LogP contribution is -2.15. The first-order chi connectivity index (χ1) is 14.3. The highest BCUT2D eigenvalue weighted by Gasteiger charge is 2.28. The topological polar surface area (TPSA) is 56.7 Å². The van der Waals surface area contributed by atoms with Crippen LogP contribution in [0.2, 0.25) is 5.02 Å². The molecule has 5 nitrogen and oxygen atoms in total. The summed E-state index contributed by atoms with van der Waals surface area (Å²) >= 11 is 9.60. The molecule has 0 aliphatic carbocycles. The molecule has 0 saturated carbocycles. The minimum absolute atomic E-state index is 0.188. The van der Waals surface area contributed by atoms with Crippen molar-refractivity contribution in [1.29, 1.82) is 0 Å². The average Bonchev–Trinajstić information content (AvgIpc) is 3.35. The third kappa shape index (κ3) is 3.82. The van der Waals surface area contributed by atoms with E-state index in [1.54, 1.807) is 0 Å². The second-order valence-corrected chi connectivity index (χ2v) is 9.22. The van der Waals surface area contributed by atoms with Gasteiger partial charge in [0.2, 0.25) is 5.89 Å². The highest BCUT2D eigenvalue weighted by Crippen LogP contribution is 2.35. The molecule has 7 heteroatoms. The first-order valence-electron chi connectivity index (χ1n) is 9.76. The number of benzene rings is 2. The summed E-state index contributed by atoms with van der Waals surface area (Å²) in [6.45, 7) is 8.32. The molecule has 0 spiro atoms. The summed E-state index contributed by atoms with van der Waals surface area (Å²) in [5, 5.41) is 14.1. The van der Waals surface area contributed by atoms with Gasteiger partial charge in [-0.2, -0.15) is 5.10 Å². The van der Waals surface area contributed by atoms with E-state index >= 15 is 0 Å². The van der Waals surface area contributed by atoms with Crippen LogP contribution in [0.3, 0.4) is 0 Å². The van der Waals surface area contributed by atoms with Crippen molar-refractivity contribution in [1.82, 2.24) is 20.0 Å². The average molecular weight is 486 g/mol. The second kappa shape index (κ2) is 8.00. The highest BCUT2D eigenvalue weighted by molar-refractivity contribution is 9.10. The van der Waals surface area contributed by atoms with Gasteiger partial charge in [0.15, 0.2) is 5.69 Å². The van der Waals surface area contributed by atoms with Crippen LogP contribution >= 0.6 is 27.5 Å². The molecule has 0 unspecified atom stereocenters. The Morgan fingerprint density at radius 2 is 1.70 bits per heavy atom. The molecule has 0 N–H and O–H groups in total. The van der Waals surface area contributed by atoms with Crippen LogP contribution in [0, 0.1) is 6.92 Å². The van der Waals surface area contributed by atoms with Gasteiger partial charge in [-0.25, -0.2) is 4.68 Å². The third-order valence-electron chi connectivity index (χ3n) is 5.40. The molecule has 4 aromatic rings. The van der Waals surface area contributed by atoms with E-state index in [-0.39, 0.29) is 5.41 Å². The van der Waals surface area contributed by atoms with E-state index in [0.717, 1.165) is 33.4 Å². The van der Waals surface area contributed by atoms with Gasteiger partial charge in [0, 0.05) is 26.0 Å². The van der Waals surface area contributed by atoms with Gasteiger partial charge in [0.25, 0.3) is 5.89 Å². The number of halogens is 2. The van der Waals surface area contributed by atoms with Crippen molar-refractivity contribution >= 4 is 27.5 Å². The summed E-state index contributed by atoms with van der Waals surface area (Å²) in [5.74, 6) is 1.04. The van der Waals surface area contributed by atoms with E-state index in [1.807, 2.05) is 48.0 Å². The van der Waals surface area contributed by atoms with Crippen molar-refractivity contribution in [2.24, 2.45) is 0 Å². The zero-order valence-corrected chi connectivity index (χ0v) is 19.6. The molecule has 0 radical (unpaired) electrons. The smallest absolute Gasteiger partial charge is 0.268 e. The molecule has 4 rings (SSSR count). The summed E-state index contributed by atoms with van der Waals surface area (Å²) in [4.78, 5) is 0. The molecule has 2 heterocycles. The van der Waals surface area contributed by atoms with Crippen molar-refractivity contribution in [2.45, 2.75) is 39.5 Å². The minimum Gasteiger partial charge on any atom is -0.419 e. The molecule has 0 aliphatic rings. The van der Waals surface area contributed by atoms with Crippen LogP contribution in [-0.2, 0) is 5.41 Å². The second-order valence-electron chi connectivity index (χ2n) is 7.87. The van der Waals surface area contributed by atoms with Gasteiger partial charge in [-0.3, -0.25) is 0 Å². The van der Waals surface area contributed by atoms with Crippen molar-refractivity contribution in [2.75, 3.05) is 0 Å². The third-order valence-corrected chi connectivity index (χ3v) is 6.18. The number of nitrogens with zero attached hydrogens (tertiary/aromatic N) is 4. The maximum Gasteiger partial charge on any atom is 0.268 e. The molecule has 154 valence electrons. The number of hydrogen-bond donors (Lipinski definition) is 0.